The van der Waals surface area contributed by atoms with E-state index < -0.39 is 18.8 Å². The molecule has 0 radical (unpaired) electrons. The number of nitrogens with two attached hydrogens (primary N) is 1. The molecule has 0 amide bonds. The van der Waals surface area contributed by atoms with Gasteiger partial charge in [-0.1, -0.05) is 30.3 Å². The van der Waals surface area contributed by atoms with Gasteiger partial charge in [-0.3, -0.25) is 0 Å². The van der Waals surface area contributed by atoms with E-state index >= 15 is 0 Å². The number of alkyl halides is 3. The van der Waals surface area contributed by atoms with Gasteiger partial charge in [0.2, 0.25) is 0 Å². The number of hydrogen-bond donors (Lipinski definition) is 2. The van der Waals surface area contributed by atoms with Gasteiger partial charge >= 0.3 is 6.18 Å². The minimum absolute atomic E-state index is 0.169. The number of benzene rings is 1. The summed E-state index contributed by atoms with van der Waals surface area (Å²) in [5.41, 5.74) is 5.85. The lowest BCUT2D eigenvalue weighted by Crippen LogP contribution is -2.47. The lowest BCUT2D eigenvalue weighted by atomic mass is 10.2. The molecule has 1 rings (SSSR count). The van der Waals surface area contributed by atoms with Crippen LogP contribution in [0.15, 0.2) is 30.3 Å². The highest BCUT2D eigenvalue weighted by molar-refractivity contribution is 5.14. The number of nitrogens with one attached hydrogen (secondary N) is 1. The SMILES string of the molecule is NC[C@@H](NCc1ccccc1)C(F)(F)F. The number of halogens is 3. The summed E-state index contributed by atoms with van der Waals surface area (Å²) in [7, 11) is 0. The Hall–Kier alpha value is -1.07. The molecule has 0 aliphatic heterocycles. The average molecular weight is 218 g/mol. The van der Waals surface area contributed by atoms with Crippen molar-refractivity contribution in [2.75, 3.05) is 6.54 Å². The van der Waals surface area contributed by atoms with E-state index in [1.165, 1.54) is 0 Å². The molecule has 0 unspecified atom stereocenters. The molecule has 0 saturated heterocycles. The molecule has 5 heteroatoms. The molecule has 0 spiro atoms. The number of rotatable bonds is 4. The molecule has 0 saturated carbocycles. The summed E-state index contributed by atoms with van der Waals surface area (Å²) < 4.78 is 36.8. The van der Waals surface area contributed by atoms with Crippen molar-refractivity contribution in [1.82, 2.24) is 5.32 Å². The molecule has 0 heterocycles. The van der Waals surface area contributed by atoms with Gasteiger partial charge < -0.3 is 11.1 Å². The van der Waals surface area contributed by atoms with Crippen LogP contribution in [0.2, 0.25) is 0 Å². The molecule has 0 aromatic heterocycles. The molecular weight excluding hydrogens is 205 g/mol. The van der Waals surface area contributed by atoms with Crippen LogP contribution in [0.3, 0.4) is 0 Å². The third kappa shape index (κ3) is 3.89. The second-order valence-corrected chi connectivity index (χ2v) is 3.20. The molecule has 0 aliphatic carbocycles. The fourth-order valence-electron chi connectivity index (χ4n) is 1.17. The van der Waals surface area contributed by atoms with Gasteiger partial charge in [-0.25, -0.2) is 0 Å². The summed E-state index contributed by atoms with van der Waals surface area (Å²) in [6.07, 6.45) is -4.29. The van der Waals surface area contributed by atoms with E-state index in [4.69, 9.17) is 5.73 Å². The third-order valence-electron chi connectivity index (χ3n) is 2.03. The van der Waals surface area contributed by atoms with Crippen LogP contribution in [-0.2, 0) is 6.54 Å². The summed E-state index contributed by atoms with van der Waals surface area (Å²) in [4.78, 5) is 0. The largest absolute Gasteiger partial charge is 0.405 e. The van der Waals surface area contributed by atoms with Crippen LogP contribution in [-0.4, -0.2) is 18.8 Å². The summed E-state index contributed by atoms with van der Waals surface area (Å²) in [5.74, 6) is 0. The molecule has 0 fully saturated rings. The predicted molar refractivity (Wildman–Crippen MR) is 52.2 cm³/mol. The highest BCUT2D eigenvalue weighted by Gasteiger charge is 2.37. The highest BCUT2D eigenvalue weighted by Crippen LogP contribution is 2.19. The smallest absolute Gasteiger partial charge is 0.329 e. The molecule has 3 N–H and O–H groups in total. The molecule has 84 valence electrons. The van der Waals surface area contributed by atoms with E-state index in [1.54, 1.807) is 24.3 Å². The third-order valence-corrected chi connectivity index (χ3v) is 2.03. The zero-order chi connectivity index (χ0) is 11.3. The van der Waals surface area contributed by atoms with Crippen molar-refractivity contribution >= 4 is 0 Å². The van der Waals surface area contributed by atoms with E-state index in [0.29, 0.717) is 0 Å². The normalized spacial score (nSPS) is 13.9. The maximum atomic E-state index is 12.3. The van der Waals surface area contributed by atoms with Crippen LogP contribution in [0.5, 0.6) is 0 Å². The zero-order valence-electron chi connectivity index (χ0n) is 8.09. The Kier molecular flexibility index (Phi) is 4.11. The van der Waals surface area contributed by atoms with Crippen LogP contribution in [0.25, 0.3) is 0 Å². The maximum absolute atomic E-state index is 12.3. The van der Waals surface area contributed by atoms with Crippen molar-refractivity contribution in [2.24, 2.45) is 5.73 Å². The zero-order valence-corrected chi connectivity index (χ0v) is 8.09. The molecular formula is C10H13F3N2. The van der Waals surface area contributed by atoms with Crippen molar-refractivity contribution < 1.29 is 13.2 Å². The highest BCUT2D eigenvalue weighted by atomic mass is 19.4. The Bertz CT molecular complexity index is 284. The lowest BCUT2D eigenvalue weighted by Gasteiger charge is -2.19. The molecule has 2 nitrogen and oxygen atoms in total. The molecule has 1 atom stereocenters. The quantitative estimate of drug-likeness (QED) is 0.806. The first-order valence-corrected chi connectivity index (χ1v) is 4.58. The molecule has 15 heavy (non-hydrogen) atoms. The first-order valence-electron chi connectivity index (χ1n) is 4.58. The standard InChI is InChI=1S/C10H13F3N2/c11-10(12,13)9(6-14)15-7-8-4-2-1-3-5-8/h1-5,9,15H,6-7,14H2/t9-/m1/s1. The van der Waals surface area contributed by atoms with Gasteiger partial charge in [-0.05, 0) is 5.56 Å². The first-order chi connectivity index (χ1) is 7.04. The Morgan fingerprint density at radius 3 is 2.27 bits per heavy atom. The Morgan fingerprint density at radius 2 is 1.80 bits per heavy atom. The molecule has 0 aliphatic rings. The van der Waals surface area contributed by atoms with Gasteiger partial charge in [0.25, 0.3) is 0 Å². The summed E-state index contributed by atoms with van der Waals surface area (Å²) in [6.45, 7) is -0.279. The minimum atomic E-state index is -4.29. The van der Waals surface area contributed by atoms with E-state index in [1.807, 2.05) is 6.07 Å². The van der Waals surface area contributed by atoms with Gasteiger partial charge in [-0.2, -0.15) is 13.2 Å². The lowest BCUT2D eigenvalue weighted by molar-refractivity contribution is -0.153. The minimum Gasteiger partial charge on any atom is -0.329 e. The fourth-order valence-corrected chi connectivity index (χ4v) is 1.17. The summed E-state index contributed by atoms with van der Waals surface area (Å²) in [6, 6.07) is 7.25. The first kappa shape index (κ1) is 12.0. The molecule has 0 bridgehead atoms. The average Bonchev–Trinajstić information content (AvgIpc) is 2.18. The van der Waals surface area contributed by atoms with Crippen LogP contribution in [0.4, 0.5) is 13.2 Å². The summed E-state index contributed by atoms with van der Waals surface area (Å²) >= 11 is 0. The van der Waals surface area contributed by atoms with E-state index in [-0.39, 0.29) is 6.54 Å². The van der Waals surface area contributed by atoms with Crippen LogP contribution in [0, 0.1) is 0 Å². The van der Waals surface area contributed by atoms with Crippen LogP contribution >= 0.6 is 0 Å². The second kappa shape index (κ2) is 5.14. The fraction of sp³-hybridized carbons (Fsp3) is 0.400. The topological polar surface area (TPSA) is 38.0 Å². The maximum Gasteiger partial charge on any atom is 0.405 e. The van der Waals surface area contributed by atoms with Crippen molar-refractivity contribution in [3.8, 4) is 0 Å². The Balaban J connectivity index is 2.49. The van der Waals surface area contributed by atoms with Crippen molar-refractivity contribution in [2.45, 2.75) is 18.8 Å². The Morgan fingerprint density at radius 1 is 1.20 bits per heavy atom. The Labute approximate surface area is 86.3 Å². The predicted octanol–water partition coefficient (Wildman–Crippen LogP) is 1.67. The van der Waals surface area contributed by atoms with Crippen molar-refractivity contribution in [3.05, 3.63) is 35.9 Å². The van der Waals surface area contributed by atoms with Gasteiger partial charge in [0, 0.05) is 13.1 Å². The van der Waals surface area contributed by atoms with Gasteiger partial charge in [0.1, 0.15) is 6.04 Å². The number of hydrogen-bond acceptors (Lipinski definition) is 2. The monoisotopic (exact) mass is 218 g/mol. The van der Waals surface area contributed by atoms with E-state index in [2.05, 4.69) is 5.32 Å². The van der Waals surface area contributed by atoms with Crippen LogP contribution in [0.1, 0.15) is 5.56 Å². The van der Waals surface area contributed by atoms with Crippen molar-refractivity contribution in [1.29, 1.82) is 0 Å². The van der Waals surface area contributed by atoms with Crippen LogP contribution < -0.4 is 11.1 Å². The van der Waals surface area contributed by atoms with E-state index in [9.17, 15) is 13.2 Å². The summed E-state index contributed by atoms with van der Waals surface area (Å²) in [5, 5.41) is 2.38. The van der Waals surface area contributed by atoms with Gasteiger partial charge in [0.15, 0.2) is 0 Å². The van der Waals surface area contributed by atoms with Gasteiger partial charge in [-0.15, -0.1) is 0 Å². The molecule has 1 aromatic rings. The van der Waals surface area contributed by atoms with E-state index in [0.717, 1.165) is 5.56 Å². The van der Waals surface area contributed by atoms with Gasteiger partial charge in [0.05, 0.1) is 0 Å². The molecule has 1 aromatic carbocycles. The van der Waals surface area contributed by atoms with Crippen molar-refractivity contribution in [3.63, 3.8) is 0 Å². The second-order valence-electron chi connectivity index (χ2n) is 3.20.